The zero-order valence-corrected chi connectivity index (χ0v) is 44.0. The van der Waals surface area contributed by atoms with Crippen molar-refractivity contribution in [3.63, 3.8) is 0 Å². The molecule has 2 nitrogen and oxygen atoms in total. The highest BCUT2D eigenvalue weighted by Gasteiger charge is 2.35. The fraction of sp³-hybridized carbons (Fsp3) is 0.0986. The second-order valence-corrected chi connectivity index (χ2v) is 19.3. The molecule has 0 saturated heterocycles. The lowest BCUT2D eigenvalue weighted by molar-refractivity contribution is 0.660. The van der Waals surface area contributed by atoms with Crippen LogP contribution in [0.1, 0.15) is 61.6 Å². The monoisotopic (exact) mass is 976 g/mol. The van der Waals surface area contributed by atoms with Gasteiger partial charge < -0.3 is 11.5 Å². The second-order valence-electron chi connectivity index (χ2n) is 19.3. The van der Waals surface area contributed by atoms with Crippen molar-refractivity contribution in [2.24, 2.45) is 11.5 Å². The molecule has 0 bridgehead atoms. The van der Waals surface area contributed by atoms with Gasteiger partial charge in [0.25, 0.3) is 0 Å². The zero-order valence-electron chi connectivity index (χ0n) is 43.0. The Hall–Kier alpha value is -8.21. The van der Waals surface area contributed by atoms with Gasteiger partial charge in [0.15, 0.2) is 0 Å². The van der Waals surface area contributed by atoms with E-state index in [1.54, 1.807) is 0 Å². The second kappa shape index (κ2) is 22.3. The molecule has 1 unspecified atom stereocenters. The molecule has 1 aliphatic carbocycles. The quantitative estimate of drug-likeness (QED) is 0.159. The van der Waals surface area contributed by atoms with E-state index < -0.39 is 0 Å². The third-order valence-electron chi connectivity index (χ3n) is 14.5. The molecule has 11 aromatic carbocycles. The summed E-state index contributed by atoms with van der Waals surface area (Å²) in [5, 5.41) is 4.84. The van der Waals surface area contributed by atoms with Gasteiger partial charge >= 0.3 is 0 Å². The molecule has 0 aliphatic heterocycles. The smallest absolute Gasteiger partial charge is 0.0504 e. The Balaban J connectivity index is 0.000000617. The van der Waals surface area contributed by atoms with Gasteiger partial charge in [0.1, 0.15) is 0 Å². The topological polar surface area (TPSA) is 52.0 Å². The number of benzene rings is 11. The van der Waals surface area contributed by atoms with E-state index in [1.165, 1.54) is 93.9 Å². The van der Waals surface area contributed by atoms with Crippen LogP contribution in [0.4, 0.5) is 0 Å². The van der Waals surface area contributed by atoms with Gasteiger partial charge in [-0.2, -0.15) is 13.5 Å². The van der Waals surface area contributed by atoms with Gasteiger partial charge in [-0.3, -0.25) is 0 Å². The lowest BCUT2D eigenvalue weighted by Crippen LogP contribution is -2.14. The number of aryl methyl sites for hydroxylation is 1. The molecule has 0 heterocycles. The molecular weight excluding hydrogens is 913 g/mol. The first-order valence-corrected chi connectivity index (χ1v) is 25.6. The van der Waals surface area contributed by atoms with Gasteiger partial charge in [-0.25, -0.2) is 0 Å². The molecule has 74 heavy (non-hydrogen) atoms. The van der Waals surface area contributed by atoms with Crippen LogP contribution in [0.2, 0.25) is 0 Å². The molecular formula is C71H64N2S. The van der Waals surface area contributed by atoms with Crippen LogP contribution in [0.15, 0.2) is 255 Å². The predicted octanol–water partition coefficient (Wildman–Crippen LogP) is 18.8. The normalized spacial score (nSPS) is 12.5. The van der Waals surface area contributed by atoms with E-state index >= 15 is 0 Å². The van der Waals surface area contributed by atoms with E-state index in [2.05, 4.69) is 245 Å². The summed E-state index contributed by atoms with van der Waals surface area (Å²) in [6.45, 7) is 10.8. The Bertz CT molecular complexity index is 3720. The molecule has 0 amide bonds. The summed E-state index contributed by atoms with van der Waals surface area (Å²) in [6.07, 6.45) is 1.95. The molecule has 0 fully saturated rings. The van der Waals surface area contributed by atoms with Gasteiger partial charge in [-0.1, -0.05) is 276 Å². The summed E-state index contributed by atoms with van der Waals surface area (Å²) in [5.41, 5.74) is 34.7. The Morgan fingerprint density at radius 1 is 0.405 bits per heavy atom. The van der Waals surface area contributed by atoms with Crippen molar-refractivity contribution in [1.82, 2.24) is 0 Å². The predicted molar refractivity (Wildman–Crippen MR) is 325 cm³/mol. The maximum Gasteiger partial charge on any atom is 0.0504 e. The molecule has 1 atom stereocenters. The average molecular weight is 977 g/mol. The molecule has 3 heteroatoms. The fourth-order valence-electron chi connectivity index (χ4n) is 10.6. The van der Waals surface area contributed by atoms with Crippen molar-refractivity contribution >= 4 is 40.7 Å². The first-order chi connectivity index (χ1) is 35.7. The number of fused-ring (bicyclic) bond motifs is 5. The first kappa shape index (κ1) is 50.7. The van der Waals surface area contributed by atoms with Gasteiger partial charge in [0.05, 0.1) is 6.04 Å². The van der Waals surface area contributed by atoms with Crippen molar-refractivity contribution < 1.29 is 0 Å². The maximum atomic E-state index is 6.77. The molecule has 12 rings (SSSR count). The summed E-state index contributed by atoms with van der Waals surface area (Å²) in [5.74, 6) is 0. The largest absolute Gasteiger partial charge is 0.398 e. The minimum atomic E-state index is -0.339. The van der Waals surface area contributed by atoms with Crippen molar-refractivity contribution in [2.75, 3.05) is 0 Å². The van der Waals surface area contributed by atoms with Crippen molar-refractivity contribution in [1.29, 1.82) is 0 Å². The molecule has 4 N–H and O–H groups in total. The van der Waals surface area contributed by atoms with E-state index in [1.807, 2.05) is 44.2 Å². The highest BCUT2D eigenvalue weighted by atomic mass is 32.1. The van der Waals surface area contributed by atoms with Gasteiger partial charge in [0, 0.05) is 11.1 Å². The summed E-state index contributed by atoms with van der Waals surface area (Å²) in [4.78, 5) is 0. The van der Waals surface area contributed by atoms with Gasteiger partial charge in [0.2, 0.25) is 0 Å². The Labute approximate surface area is 445 Å². The maximum absolute atomic E-state index is 6.77. The number of nitrogens with two attached hydrogens (primary N) is 2. The lowest BCUT2D eigenvalue weighted by atomic mass is 9.81. The van der Waals surface area contributed by atoms with E-state index in [0.717, 1.165) is 22.3 Å². The van der Waals surface area contributed by atoms with Crippen LogP contribution in [-0.2, 0) is 5.41 Å². The molecule has 11 aromatic rings. The first-order valence-electron chi connectivity index (χ1n) is 25.6. The molecule has 0 aromatic heterocycles. The number of hydrogen-bond acceptors (Lipinski definition) is 2. The minimum Gasteiger partial charge on any atom is -0.398 e. The minimum absolute atomic E-state index is 0. The average Bonchev–Trinajstić information content (AvgIpc) is 3.68. The van der Waals surface area contributed by atoms with E-state index in [-0.39, 0.29) is 25.0 Å². The highest BCUT2D eigenvalue weighted by Crippen LogP contribution is 2.50. The highest BCUT2D eigenvalue weighted by molar-refractivity contribution is 7.59. The lowest BCUT2D eigenvalue weighted by Gasteiger charge is -2.22. The number of rotatable bonds is 8. The van der Waals surface area contributed by atoms with E-state index in [9.17, 15) is 0 Å². The Morgan fingerprint density at radius 3 is 1.39 bits per heavy atom. The molecule has 0 spiro atoms. The standard InChI is InChI=1S/C62H48N2.C7H8.C2H6.H2S/c1-62(2)56-19-11-10-18-54(56)55-37-34-49(38-57(55)62)42-20-24-45(25-21-42)52-35-32-43-14-6-8-16-50(43)60(52)61-51-17-9-7-15-44(51)33-36-53(61)46-26-30-48(31-27-46)59(64)39-58(63)47-28-22-41(23-29-47)40-12-4-3-5-13-40;1-7-5-3-2-4-6-7;1-2;/h3-39,58H,63-64H2,1-2H3;2-6H,1H3;1-2H3;1H2/b59-39-;;;. The van der Waals surface area contributed by atoms with Crippen LogP contribution >= 0.6 is 13.5 Å². The third-order valence-corrected chi connectivity index (χ3v) is 14.5. The summed E-state index contributed by atoms with van der Waals surface area (Å²) in [7, 11) is 0. The summed E-state index contributed by atoms with van der Waals surface area (Å²) < 4.78 is 0. The number of hydrogen-bond donors (Lipinski definition) is 2. The van der Waals surface area contributed by atoms with Crippen LogP contribution in [0, 0.1) is 6.92 Å². The Kier molecular flexibility index (Phi) is 15.3. The SMILES string of the molecule is CC.CC1(C)c2ccccc2-c2ccc(-c3ccc(-c4ccc5ccccc5c4-c4c(-c5ccc(/C(N)=C/C(N)c6ccc(-c7ccccc7)cc6)cc5)ccc5ccccc45)cc3)cc21.Cc1ccccc1.S. The summed E-state index contributed by atoms with van der Waals surface area (Å²) >= 11 is 0. The molecule has 364 valence electrons. The van der Waals surface area contributed by atoms with Crippen LogP contribution in [-0.4, -0.2) is 0 Å². The van der Waals surface area contributed by atoms with E-state index in [4.69, 9.17) is 11.5 Å². The third kappa shape index (κ3) is 10.1. The van der Waals surface area contributed by atoms with E-state index in [0.29, 0.717) is 5.70 Å². The molecule has 1 aliphatic rings. The van der Waals surface area contributed by atoms with Crippen LogP contribution < -0.4 is 11.5 Å². The Morgan fingerprint density at radius 2 is 0.824 bits per heavy atom. The van der Waals surface area contributed by atoms with Crippen LogP contribution in [0.5, 0.6) is 0 Å². The van der Waals surface area contributed by atoms with Gasteiger partial charge in [-0.05, 0) is 130 Å². The van der Waals surface area contributed by atoms with Crippen LogP contribution in [0.3, 0.4) is 0 Å². The summed E-state index contributed by atoms with van der Waals surface area (Å²) in [6, 6.07) is 89.0. The van der Waals surface area contributed by atoms with Crippen LogP contribution in [0.25, 0.3) is 94.0 Å². The fourth-order valence-corrected chi connectivity index (χ4v) is 10.6. The van der Waals surface area contributed by atoms with Gasteiger partial charge in [-0.15, -0.1) is 0 Å². The zero-order chi connectivity index (χ0) is 50.5. The van der Waals surface area contributed by atoms with Crippen molar-refractivity contribution in [2.45, 2.75) is 46.1 Å². The van der Waals surface area contributed by atoms with Crippen molar-refractivity contribution in [3.8, 4) is 66.8 Å². The molecule has 0 saturated carbocycles. The van der Waals surface area contributed by atoms with Crippen molar-refractivity contribution in [3.05, 3.63) is 283 Å². The molecule has 0 radical (unpaired) electrons.